The van der Waals surface area contributed by atoms with E-state index in [-0.39, 0.29) is 19.1 Å². The highest BCUT2D eigenvalue weighted by Crippen LogP contribution is 2.35. The van der Waals surface area contributed by atoms with E-state index in [1.807, 2.05) is 18.2 Å². The number of amidine groups is 1. The van der Waals surface area contributed by atoms with Gasteiger partial charge in [0.2, 0.25) is 0 Å². The molecule has 0 unspecified atom stereocenters. The second kappa shape index (κ2) is 8.07. The van der Waals surface area contributed by atoms with Crippen LogP contribution in [0.15, 0.2) is 41.4 Å². The second-order valence-electron chi connectivity index (χ2n) is 5.40. The average molecular weight is 375 g/mol. The molecule has 1 aliphatic heterocycles. The molecule has 2 aromatic carbocycles. The van der Waals surface area contributed by atoms with Crippen molar-refractivity contribution in [3.05, 3.63) is 57.6 Å². The van der Waals surface area contributed by atoms with Crippen molar-refractivity contribution in [3.63, 3.8) is 0 Å². The number of rotatable bonds is 5. The van der Waals surface area contributed by atoms with Crippen LogP contribution in [0.25, 0.3) is 0 Å². The third-order valence-electron chi connectivity index (χ3n) is 3.65. The Balaban J connectivity index is 1.79. The number of benzene rings is 2. The fraction of sp³-hybridized carbons (Fsp3) is 0.235. The van der Waals surface area contributed by atoms with Crippen LogP contribution in [0.4, 0.5) is 11.4 Å². The van der Waals surface area contributed by atoms with Crippen molar-refractivity contribution in [1.29, 1.82) is 0 Å². The van der Waals surface area contributed by atoms with Gasteiger partial charge in [0.25, 0.3) is 5.69 Å². The Labute approximate surface area is 154 Å². The summed E-state index contributed by atoms with van der Waals surface area (Å²) in [6.45, 7) is 0.401. The second-order valence-corrected chi connectivity index (χ2v) is 6.40. The molecule has 9 heteroatoms. The van der Waals surface area contributed by atoms with Gasteiger partial charge >= 0.3 is 0 Å². The first kappa shape index (κ1) is 18.0. The van der Waals surface area contributed by atoms with Gasteiger partial charge < -0.3 is 19.9 Å². The average Bonchev–Trinajstić information content (AvgIpc) is 2.66. The fourth-order valence-corrected chi connectivity index (χ4v) is 3.17. The number of nitro benzene ring substituents is 1. The number of thioether (sulfide) groups is 1. The number of nitro groups is 1. The summed E-state index contributed by atoms with van der Waals surface area (Å²) in [5, 5.41) is 11.5. The van der Waals surface area contributed by atoms with Crippen LogP contribution in [-0.2, 0) is 17.1 Å². The molecule has 0 radical (unpaired) electrons. The van der Waals surface area contributed by atoms with Crippen LogP contribution in [0.1, 0.15) is 11.1 Å². The molecular formula is C17H17N3O5S. The van der Waals surface area contributed by atoms with E-state index in [2.05, 4.69) is 4.99 Å². The lowest BCUT2D eigenvalue weighted by Gasteiger charge is -2.20. The van der Waals surface area contributed by atoms with Crippen molar-refractivity contribution < 1.29 is 19.1 Å². The lowest BCUT2D eigenvalue weighted by molar-refractivity contribution is -0.385. The minimum absolute atomic E-state index is 0.00300. The van der Waals surface area contributed by atoms with Crippen LogP contribution in [0.3, 0.4) is 0 Å². The molecule has 136 valence electrons. The normalized spacial score (nSPS) is 13.7. The third kappa shape index (κ3) is 4.24. The first-order chi connectivity index (χ1) is 12.6. The van der Waals surface area contributed by atoms with Gasteiger partial charge in [0.1, 0.15) is 11.5 Å². The van der Waals surface area contributed by atoms with Gasteiger partial charge in [-0.15, -0.1) is 0 Å². The zero-order valence-corrected chi connectivity index (χ0v) is 14.8. The lowest BCUT2D eigenvalue weighted by Crippen LogP contribution is -2.14. The number of non-ortho nitro benzene ring substituents is 1. The first-order valence-corrected chi connectivity index (χ1v) is 8.67. The van der Waals surface area contributed by atoms with Gasteiger partial charge in [-0.05, 0) is 12.1 Å². The Bertz CT molecular complexity index is 856. The number of nitrogens with two attached hydrogens (primary N) is 1. The highest BCUT2D eigenvalue weighted by molar-refractivity contribution is 8.13. The molecule has 8 nitrogen and oxygen atoms in total. The van der Waals surface area contributed by atoms with E-state index in [0.717, 1.165) is 0 Å². The summed E-state index contributed by atoms with van der Waals surface area (Å²) in [5.41, 5.74) is 8.00. The summed E-state index contributed by atoms with van der Waals surface area (Å²) < 4.78 is 15.9. The molecule has 0 aliphatic carbocycles. The van der Waals surface area contributed by atoms with Crippen molar-refractivity contribution in [1.82, 2.24) is 0 Å². The van der Waals surface area contributed by atoms with Crippen molar-refractivity contribution in [2.24, 2.45) is 10.7 Å². The number of aliphatic imine (C=N–C) groups is 1. The summed E-state index contributed by atoms with van der Waals surface area (Å²) in [4.78, 5) is 15.0. The van der Waals surface area contributed by atoms with Gasteiger partial charge in [0.15, 0.2) is 12.0 Å². The van der Waals surface area contributed by atoms with E-state index in [9.17, 15) is 10.1 Å². The molecule has 0 bridgehead atoms. The molecular weight excluding hydrogens is 358 g/mol. The predicted molar refractivity (Wildman–Crippen MR) is 99.0 cm³/mol. The summed E-state index contributed by atoms with van der Waals surface area (Å²) >= 11 is 1.27. The van der Waals surface area contributed by atoms with E-state index in [0.29, 0.717) is 39.2 Å². The number of methoxy groups -OCH3 is 1. The van der Waals surface area contributed by atoms with Crippen LogP contribution in [0.2, 0.25) is 0 Å². The van der Waals surface area contributed by atoms with Crippen LogP contribution in [-0.4, -0.2) is 24.0 Å². The highest BCUT2D eigenvalue weighted by atomic mass is 32.2. The molecule has 0 aromatic heterocycles. The monoisotopic (exact) mass is 375 g/mol. The maximum Gasteiger partial charge on any atom is 0.270 e. The molecule has 0 saturated carbocycles. The smallest absolute Gasteiger partial charge is 0.270 e. The van der Waals surface area contributed by atoms with Gasteiger partial charge in [-0.25, -0.2) is 4.99 Å². The van der Waals surface area contributed by atoms with Crippen molar-refractivity contribution in [2.75, 3.05) is 13.9 Å². The lowest BCUT2D eigenvalue weighted by atomic mass is 10.1. The first-order valence-electron chi connectivity index (χ1n) is 7.68. The Morgan fingerprint density at radius 1 is 1.42 bits per heavy atom. The summed E-state index contributed by atoms with van der Waals surface area (Å²) in [7, 11) is 1.58. The summed E-state index contributed by atoms with van der Waals surface area (Å²) in [5.74, 6) is 1.69. The Morgan fingerprint density at radius 2 is 2.27 bits per heavy atom. The van der Waals surface area contributed by atoms with Gasteiger partial charge in [0.05, 0.1) is 24.3 Å². The van der Waals surface area contributed by atoms with Gasteiger partial charge in [-0.1, -0.05) is 17.8 Å². The molecule has 0 amide bonds. The summed E-state index contributed by atoms with van der Waals surface area (Å²) in [6, 6.07) is 10.2. The third-order valence-corrected chi connectivity index (χ3v) is 4.49. The molecule has 3 rings (SSSR count). The minimum Gasteiger partial charge on any atom is -0.497 e. The number of hydrogen-bond donors (Lipinski definition) is 1. The van der Waals surface area contributed by atoms with Crippen LogP contribution < -0.4 is 15.2 Å². The number of hydrogen-bond acceptors (Lipinski definition) is 7. The largest absolute Gasteiger partial charge is 0.497 e. The van der Waals surface area contributed by atoms with E-state index in [1.165, 1.54) is 23.9 Å². The zero-order valence-electron chi connectivity index (χ0n) is 14.0. The fourth-order valence-electron chi connectivity index (χ4n) is 2.48. The van der Waals surface area contributed by atoms with Crippen molar-refractivity contribution >= 4 is 28.3 Å². The molecule has 0 spiro atoms. The van der Waals surface area contributed by atoms with E-state index in [1.54, 1.807) is 13.2 Å². The van der Waals surface area contributed by atoms with Crippen LogP contribution in [0, 0.1) is 10.1 Å². The number of fused-ring (bicyclic) bond motifs is 1. The Morgan fingerprint density at radius 3 is 3.04 bits per heavy atom. The van der Waals surface area contributed by atoms with Crippen molar-refractivity contribution in [2.45, 2.75) is 12.4 Å². The summed E-state index contributed by atoms with van der Waals surface area (Å²) in [6.07, 6.45) is 0. The molecule has 26 heavy (non-hydrogen) atoms. The number of nitrogens with zero attached hydrogens (tertiary/aromatic N) is 2. The SMILES string of the molecule is COc1cccc(N=C(N)SCc2cc([N+](=O)[O-])cc3c2OCOC3)c1. The maximum atomic E-state index is 11.1. The Kier molecular flexibility index (Phi) is 5.59. The van der Waals surface area contributed by atoms with Crippen LogP contribution >= 0.6 is 11.8 Å². The molecule has 1 aliphatic rings. The van der Waals surface area contributed by atoms with E-state index < -0.39 is 4.92 Å². The molecule has 2 aromatic rings. The maximum absolute atomic E-state index is 11.1. The molecule has 0 atom stereocenters. The molecule has 0 saturated heterocycles. The van der Waals surface area contributed by atoms with Gasteiger partial charge in [-0.2, -0.15) is 0 Å². The van der Waals surface area contributed by atoms with Crippen LogP contribution in [0.5, 0.6) is 11.5 Å². The standard InChI is InChI=1S/C17H17N3O5S/c1-23-15-4-2-3-13(7-15)19-17(18)26-9-12-6-14(20(21)22)5-11-8-24-10-25-16(11)12/h2-7H,8-10H2,1H3,(H2,18,19). The predicted octanol–water partition coefficient (Wildman–Crippen LogP) is 3.35. The molecule has 2 N–H and O–H groups in total. The minimum atomic E-state index is -0.434. The number of ether oxygens (including phenoxy) is 3. The topological polar surface area (TPSA) is 109 Å². The van der Waals surface area contributed by atoms with Gasteiger partial charge in [0, 0.05) is 35.1 Å². The van der Waals surface area contributed by atoms with E-state index in [4.69, 9.17) is 19.9 Å². The zero-order chi connectivity index (χ0) is 18.5. The molecule has 0 fully saturated rings. The molecule has 1 heterocycles. The van der Waals surface area contributed by atoms with E-state index >= 15 is 0 Å². The highest BCUT2D eigenvalue weighted by Gasteiger charge is 2.21. The Hall–Kier alpha value is -2.78. The van der Waals surface area contributed by atoms with Gasteiger partial charge in [-0.3, -0.25) is 10.1 Å². The quantitative estimate of drug-likeness (QED) is 0.369. The van der Waals surface area contributed by atoms with Crippen molar-refractivity contribution in [3.8, 4) is 11.5 Å².